The third-order valence-electron chi connectivity index (χ3n) is 8.77. The summed E-state index contributed by atoms with van der Waals surface area (Å²) in [7, 11) is -1.14. The second-order valence-corrected chi connectivity index (χ2v) is 14.9. The van der Waals surface area contributed by atoms with E-state index in [-0.39, 0.29) is 0 Å². The first kappa shape index (κ1) is 23.5. The van der Waals surface area contributed by atoms with Crippen molar-refractivity contribution in [3.05, 3.63) is 133 Å². The van der Waals surface area contributed by atoms with Gasteiger partial charge in [0.25, 0.3) is 0 Å². The average molecular weight is 531 g/mol. The van der Waals surface area contributed by atoms with Crippen LogP contribution >= 0.6 is 10.0 Å². The summed E-state index contributed by atoms with van der Waals surface area (Å²) in [6, 6.07) is 47.7. The summed E-state index contributed by atoms with van der Waals surface area (Å²) in [6.07, 6.45) is 4.92. The van der Waals surface area contributed by atoms with Gasteiger partial charge in [0.05, 0.1) is 0 Å². The molecule has 192 valence electrons. The Morgan fingerprint density at radius 2 is 1.05 bits per heavy atom. The molecular weight excluding hydrogens is 500 g/mol. The second-order valence-electron chi connectivity index (χ2n) is 11.4. The number of hydrogen-bond donors (Lipinski definition) is 0. The predicted molar refractivity (Wildman–Crippen MR) is 176 cm³/mol. The Labute approximate surface area is 237 Å². The van der Waals surface area contributed by atoms with E-state index in [9.17, 15) is 0 Å². The van der Waals surface area contributed by atoms with Crippen molar-refractivity contribution in [1.82, 2.24) is 0 Å². The minimum absolute atomic E-state index is 1.14. The van der Waals surface area contributed by atoms with Crippen LogP contribution in [0, 0.1) is 6.92 Å². The van der Waals surface area contributed by atoms with Crippen LogP contribution in [0.15, 0.2) is 137 Å². The van der Waals surface area contributed by atoms with Crippen LogP contribution in [0.5, 0.6) is 0 Å². The van der Waals surface area contributed by atoms with E-state index >= 15 is 0 Å². The summed E-state index contributed by atoms with van der Waals surface area (Å²) in [4.78, 5) is 2.99. The van der Waals surface area contributed by atoms with Crippen molar-refractivity contribution in [3.63, 3.8) is 0 Å². The van der Waals surface area contributed by atoms with Crippen LogP contribution < -0.4 is 0 Å². The van der Waals surface area contributed by atoms with Crippen LogP contribution in [-0.4, -0.2) is 12.5 Å². The molecular formula is C39H30S. The fraction of sp³-hybridized carbons (Fsp3) is 0.0769. The van der Waals surface area contributed by atoms with Gasteiger partial charge in [-0.3, -0.25) is 0 Å². The number of hydrogen-bond acceptors (Lipinski definition) is 0. The summed E-state index contributed by atoms with van der Waals surface area (Å²) < 4.78 is 0. The molecule has 40 heavy (non-hydrogen) atoms. The van der Waals surface area contributed by atoms with Crippen molar-refractivity contribution < 1.29 is 0 Å². The molecule has 0 fully saturated rings. The first-order valence-electron chi connectivity index (χ1n) is 13.9. The van der Waals surface area contributed by atoms with Crippen LogP contribution in [0.1, 0.15) is 5.56 Å². The first-order valence-corrected chi connectivity index (χ1v) is 16.4. The van der Waals surface area contributed by atoms with Gasteiger partial charge in [0.1, 0.15) is 0 Å². The first-order chi connectivity index (χ1) is 19.5. The fourth-order valence-corrected chi connectivity index (χ4v) is 9.45. The van der Waals surface area contributed by atoms with Gasteiger partial charge in [0.2, 0.25) is 0 Å². The second kappa shape index (κ2) is 8.58. The Bertz CT molecular complexity index is 2140. The minimum Gasteiger partial charge on any atom is -0.192 e. The number of fused-ring (bicyclic) bond motifs is 6. The Kier molecular flexibility index (Phi) is 5.05. The Morgan fingerprint density at radius 1 is 0.425 bits per heavy atom. The van der Waals surface area contributed by atoms with E-state index in [1.165, 1.54) is 81.1 Å². The molecule has 0 N–H and O–H groups in total. The molecule has 1 heteroatoms. The van der Waals surface area contributed by atoms with Gasteiger partial charge >= 0.3 is 0 Å². The van der Waals surface area contributed by atoms with Crippen LogP contribution in [0.4, 0.5) is 0 Å². The molecule has 0 atom stereocenters. The van der Waals surface area contributed by atoms with E-state index in [0.29, 0.717) is 0 Å². The Balaban J connectivity index is 1.62. The van der Waals surface area contributed by atoms with Crippen molar-refractivity contribution in [3.8, 4) is 33.4 Å². The minimum atomic E-state index is -1.14. The molecule has 0 nitrogen and oxygen atoms in total. The molecule has 0 saturated heterocycles. The number of benzene rings is 7. The highest BCUT2D eigenvalue weighted by molar-refractivity contribution is 8.33. The summed E-state index contributed by atoms with van der Waals surface area (Å²) in [5.74, 6) is 0. The van der Waals surface area contributed by atoms with Gasteiger partial charge in [-0.1, -0.05) is 115 Å². The van der Waals surface area contributed by atoms with Crippen LogP contribution in [-0.2, 0) is 0 Å². The molecule has 0 spiro atoms. The predicted octanol–water partition coefficient (Wildman–Crippen LogP) is 11.3. The maximum atomic E-state index is 2.56. The standard InChI is InChI=1S/C39H30S/c1-25-12-10-15-27(22-25)38-31-18-6-7-19-32(31)39(30-20-11-14-26-13-4-5-16-28(26)30)35-24-37-33(23-34(35)38)29-17-8-9-21-36(29)40(37,2)3/h4-24H,1-3H3. The van der Waals surface area contributed by atoms with Gasteiger partial charge in [-0.05, 0) is 103 Å². The highest BCUT2D eigenvalue weighted by Gasteiger charge is 2.33. The lowest BCUT2D eigenvalue weighted by Crippen LogP contribution is -1.95. The highest BCUT2D eigenvalue weighted by Crippen LogP contribution is 2.68. The quantitative estimate of drug-likeness (QED) is 0.195. The summed E-state index contributed by atoms with van der Waals surface area (Å²) in [5.41, 5.74) is 9.34. The monoisotopic (exact) mass is 530 g/mol. The van der Waals surface area contributed by atoms with E-state index in [4.69, 9.17) is 0 Å². The Hall–Kier alpha value is -4.33. The number of aryl methyl sites for hydroxylation is 1. The Morgan fingerprint density at radius 3 is 1.88 bits per heavy atom. The normalized spacial score (nSPS) is 14.4. The van der Waals surface area contributed by atoms with E-state index in [2.05, 4.69) is 147 Å². The number of rotatable bonds is 2. The molecule has 0 aromatic heterocycles. The molecule has 0 saturated carbocycles. The summed E-state index contributed by atoms with van der Waals surface area (Å²) in [6.45, 7) is 2.19. The van der Waals surface area contributed by atoms with Crippen molar-refractivity contribution in [2.45, 2.75) is 16.7 Å². The lowest BCUT2D eigenvalue weighted by Gasteiger charge is -2.29. The molecule has 1 aliphatic rings. The molecule has 7 aromatic rings. The SMILES string of the molecule is Cc1cccc(-c2c3ccccc3c(-c3cccc4ccccc34)c3cc4c(cc23)-c2ccccc2S4(C)C)c1. The van der Waals surface area contributed by atoms with E-state index in [0.717, 1.165) is 0 Å². The van der Waals surface area contributed by atoms with E-state index in [1.807, 2.05) is 0 Å². The van der Waals surface area contributed by atoms with Gasteiger partial charge in [0.15, 0.2) is 0 Å². The van der Waals surface area contributed by atoms with Crippen LogP contribution in [0.2, 0.25) is 0 Å². The van der Waals surface area contributed by atoms with Gasteiger partial charge in [0, 0.05) is 9.79 Å². The molecule has 0 bridgehead atoms. The van der Waals surface area contributed by atoms with Crippen molar-refractivity contribution in [1.29, 1.82) is 0 Å². The lowest BCUT2D eigenvalue weighted by atomic mass is 9.83. The van der Waals surface area contributed by atoms with Crippen molar-refractivity contribution in [2.75, 3.05) is 12.5 Å². The molecule has 0 radical (unpaired) electrons. The van der Waals surface area contributed by atoms with E-state index < -0.39 is 10.0 Å². The molecule has 8 rings (SSSR count). The zero-order valence-electron chi connectivity index (χ0n) is 23.0. The van der Waals surface area contributed by atoms with Gasteiger partial charge in [-0.2, -0.15) is 10.0 Å². The third-order valence-corrected chi connectivity index (χ3v) is 11.7. The largest absolute Gasteiger partial charge is 0.192 e. The van der Waals surface area contributed by atoms with E-state index in [1.54, 1.807) is 0 Å². The summed E-state index contributed by atoms with van der Waals surface area (Å²) >= 11 is 0. The molecule has 1 heterocycles. The third kappa shape index (κ3) is 3.28. The van der Waals surface area contributed by atoms with Gasteiger partial charge in [-0.15, -0.1) is 0 Å². The molecule has 0 aliphatic carbocycles. The van der Waals surface area contributed by atoms with Crippen LogP contribution in [0.25, 0.3) is 65.7 Å². The van der Waals surface area contributed by atoms with Crippen molar-refractivity contribution in [2.24, 2.45) is 0 Å². The average Bonchev–Trinajstić information content (AvgIpc) is 3.20. The van der Waals surface area contributed by atoms with Gasteiger partial charge < -0.3 is 0 Å². The summed E-state index contributed by atoms with van der Waals surface area (Å²) in [5, 5.41) is 7.87. The highest BCUT2D eigenvalue weighted by atomic mass is 32.3. The lowest BCUT2D eigenvalue weighted by molar-refractivity contribution is 1.46. The molecule has 0 amide bonds. The molecule has 1 aliphatic heterocycles. The van der Waals surface area contributed by atoms with Crippen LogP contribution in [0.3, 0.4) is 0 Å². The zero-order valence-corrected chi connectivity index (χ0v) is 23.8. The smallest absolute Gasteiger partial charge is 0.00219 e. The van der Waals surface area contributed by atoms with Crippen molar-refractivity contribution >= 4 is 42.3 Å². The zero-order chi connectivity index (χ0) is 27.0. The maximum absolute atomic E-state index is 2.56. The maximum Gasteiger partial charge on any atom is 0.00219 e. The fourth-order valence-electron chi connectivity index (χ4n) is 6.93. The molecule has 0 unspecified atom stereocenters. The van der Waals surface area contributed by atoms with Gasteiger partial charge in [-0.25, -0.2) is 0 Å². The molecule has 7 aromatic carbocycles. The topological polar surface area (TPSA) is 0 Å².